The monoisotopic (exact) mass is 289 g/mol. The number of aryl methyl sites for hydroxylation is 1. The zero-order valence-corrected chi connectivity index (χ0v) is 12.3. The minimum atomic E-state index is -3.48. The number of sulfonamides is 1. The van der Waals surface area contributed by atoms with Crippen LogP contribution in [0.15, 0.2) is 10.3 Å². The van der Waals surface area contributed by atoms with Crippen LogP contribution in [0.5, 0.6) is 0 Å². The normalized spacial score (nSPS) is 23.3. The highest BCUT2D eigenvalue weighted by Gasteiger charge is 2.40. The molecule has 6 heteroatoms. The fraction of sp³-hybridized carbons (Fsp3) is 0.667. The molecule has 2 rings (SSSR count). The van der Waals surface area contributed by atoms with Gasteiger partial charge in [0.25, 0.3) is 0 Å². The summed E-state index contributed by atoms with van der Waals surface area (Å²) in [6, 6.07) is 0.0841. The van der Waals surface area contributed by atoms with Crippen LogP contribution < -0.4 is 4.72 Å². The van der Waals surface area contributed by atoms with E-state index in [1.807, 2.05) is 0 Å². The molecule has 2 N–H and O–H groups in total. The van der Waals surface area contributed by atoms with E-state index >= 15 is 0 Å². The zero-order chi connectivity index (χ0) is 13.3. The van der Waals surface area contributed by atoms with Gasteiger partial charge in [-0.25, -0.2) is 13.1 Å². The van der Waals surface area contributed by atoms with Gasteiger partial charge in [-0.2, -0.15) is 0 Å². The maximum atomic E-state index is 12.3. The van der Waals surface area contributed by atoms with E-state index in [2.05, 4.69) is 11.6 Å². The quantitative estimate of drug-likeness (QED) is 0.842. The second kappa shape index (κ2) is 5.28. The first-order chi connectivity index (χ1) is 8.49. The maximum Gasteiger partial charge on any atom is 0.242 e. The largest absolute Gasteiger partial charge is 0.391 e. The smallest absolute Gasteiger partial charge is 0.242 e. The van der Waals surface area contributed by atoms with Gasteiger partial charge < -0.3 is 5.11 Å². The summed E-state index contributed by atoms with van der Waals surface area (Å²) in [5.41, 5.74) is 0.712. The summed E-state index contributed by atoms with van der Waals surface area (Å²) in [4.78, 5) is 0.796. The molecule has 0 aromatic carbocycles. The van der Waals surface area contributed by atoms with Crippen molar-refractivity contribution < 1.29 is 13.5 Å². The second-order valence-electron chi connectivity index (χ2n) is 4.84. The van der Waals surface area contributed by atoms with E-state index in [0.717, 1.165) is 19.3 Å². The van der Waals surface area contributed by atoms with Gasteiger partial charge in [-0.05, 0) is 36.6 Å². The molecule has 0 saturated heterocycles. The predicted molar refractivity (Wildman–Crippen MR) is 72.1 cm³/mol. The molecule has 1 saturated carbocycles. The van der Waals surface area contributed by atoms with Crippen LogP contribution in [0.4, 0.5) is 0 Å². The summed E-state index contributed by atoms with van der Waals surface area (Å²) in [6.45, 7) is 3.65. The average Bonchev–Trinajstić information content (AvgIpc) is 2.88. The van der Waals surface area contributed by atoms with Crippen LogP contribution in [-0.2, 0) is 16.6 Å². The van der Waals surface area contributed by atoms with Gasteiger partial charge in [-0.15, -0.1) is 11.3 Å². The molecule has 0 radical (unpaired) electrons. The third-order valence-electron chi connectivity index (χ3n) is 3.29. The van der Waals surface area contributed by atoms with Gasteiger partial charge in [0, 0.05) is 6.04 Å². The molecule has 18 heavy (non-hydrogen) atoms. The maximum absolute atomic E-state index is 12.3. The molecule has 4 nitrogen and oxygen atoms in total. The SMILES string of the molecule is CCCC1CC1NS(=O)(=O)c1c(C)csc1CO. The van der Waals surface area contributed by atoms with Crippen molar-refractivity contribution in [2.24, 2.45) is 5.92 Å². The van der Waals surface area contributed by atoms with Crippen LogP contribution in [0.25, 0.3) is 0 Å². The Bertz CT molecular complexity index is 521. The van der Waals surface area contributed by atoms with Crippen LogP contribution >= 0.6 is 11.3 Å². The van der Waals surface area contributed by atoms with Crippen LogP contribution in [-0.4, -0.2) is 19.6 Å². The Morgan fingerprint density at radius 1 is 1.56 bits per heavy atom. The molecule has 0 spiro atoms. The molecule has 0 amide bonds. The predicted octanol–water partition coefficient (Wildman–Crippen LogP) is 2.02. The second-order valence-corrected chi connectivity index (χ2v) is 7.46. The molecule has 2 unspecified atom stereocenters. The Morgan fingerprint density at radius 3 is 2.89 bits per heavy atom. The summed E-state index contributed by atoms with van der Waals surface area (Å²) < 4.78 is 27.3. The zero-order valence-electron chi connectivity index (χ0n) is 10.6. The van der Waals surface area contributed by atoms with E-state index in [4.69, 9.17) is 0 Å². The van der Waals surface area contributed by atoms with E-state index in [-0.39, 0.29) is 17.5 Å². The standard InChI is InChI=1S/C12H19NO3S2/c1-3-4-9-5-10(9)13-18(15,16)12-8(2)7-17-11(12)6-14/h7,9-10,13-14H,3-6H2,1-2H3. The van der Waals surface area contributed by atoms with E-state index in [1.165, 1.54) is 11.3 Å². The Balaban J connectivity index is 2.14. The van der Waals surface area contributed by atoms with Crippen LogP contribution in [0.3, 0.4) is 0 Å². The summed E-state index contributed by atoms with van der Waals surface area (Å²) in [6.07, 6.45) is 3.09. The van der Waals surface area contributed by atoms with Gasteiger partial charge in [0.1, 0.15) is 4.90 Å². The van der Waals surface area contributed by atoms with Crippen LogP contribution in [0, 0.1) is 12.8 Å². The lowest BCUT2D eigenvalue weighted by molar-refractivity contribution is 0.282. The number of aliphatic hydroxyl groups is 1. The van der Waals surface area contributed by atoms with Crippen molar-refractivity contribution in [3.63, 3.8) is 0 Å². The Hall–Kier alpha value is -0.430. The number of thiophene rings is 1. The third-order valence-corrected chi connectivity index (χ3v) is 6.23. The summed E-state index contributed by atoms with van der Waals surface area (Å²) in [5, 5.41) is 11.0. The van der Waals surface area contributed by atoms with Gasteiger partial charge >= 0.3 is 0 Å². The highest BCUT2D eigenvalue weighted by atomic mass is 32.2. The van der Waals surface area contributed by atoms with Crippen molar-refractivity contribution in [3.8, 4) is 0 Å². The minimum absolute atomic E-state index is 0.0841. The summed E-state index contributed by atoms with van der Waals surface area (Å²) in [5.74, 6) is 0.487. The van der Waals surface area contributed by atoms with Crippen molar-refractivity contribution >= 4 is 21.4 Å². The molecule has 0 aliphatic heterocycles. The van der Waals surface area contributed by atoms with Crippen molar-refractivity contribution in [2.45, 2.75) is 50.7 Å². The fourth-order valence-electron chi connectivity index (χ4n) is 2.30. The Kier molecular flexibility index (Phi) is 4.11. The summed E-state index contributed by atoms with van der Waals surface area (Å²) in [7, 11) is -3.48. The molecular weight excluding hydrogens is 270 g/mol. The van der Waals surface area contributed by atoms with Gasteiger partial charge in [-0.3, -0.25) is 0 Å². The van der Waals surface area contributed by atoms with E-state index in [9.17, 15) is 13.5 Å². The lowest BCUT2D eigenvalue weighted by Crippen LogP contribution is -2.28. The Labute approximate surface area is 112 Å². The van der Waals surface area contributed by atoms with Crippen molar-refractivity contribution in [2.75, 3.05) is 0 Å². The number of nitrogens with one attached hydrogen (secondary N) is 1. The van der Waals surface area contributed by atoms with Gasteiger partial charge in [0.15, 0.2) is 0 Å². The van der Waals surface area contributed by atoms with E-state index in [1.54, 1.807) is 12.3 Å². The highest BCUT2D eigenvalue weighted by Crippen LogP contribution is 2.36. The number of hydrogen-bond acceptors (Lipinski definition) is 4. The molecule has 0 bridgehead atoms. The molecule has 102 valence electrons. The average molecular weight is 289 g/mol. The van der Waals surface area contributed by atoms with Gasteiger partial charge in [0.05, 0.1) is 11.5 Å². The molecule has 1 fully saturated rings. The fourth-order valence-corrected chi connectivity index (χ4v) is 5.28. The van der Waals surface area contributed by atoms with Crippen molar-refractivity contribution in [1.82, 2.24) is 4.72 Å². The molecule has 1 aromatic rings. The lowest BCUT2D eigenvalue weighted by atomic mass is 10.2. The minimum Gasteiger partial charge on any atom is -0.391 e. The first-order valence-corrected chi connectivity index (χ1v) is 8.56. The molecule has 1 aliphatic carbocycles. The molecule has 1 heterocycles. The molecular formula is C12H19NO3S2. The number of rotatable bonds is 6. The number of aliphatic hydroxyl groups excluding tert-OH is 1. The lowest BCUT2D eigenvalue weighted by Gasteiger charge is -2.08. The Morgan fingerprint density at radius 2 is 2.28 bits per heavy atom. The van der Waals surface area contributed by atoms with Gasteiger partial charge in [0.2, 0.25) is 10.0 Å². The molecule has 2 atom stereocenters. The number of hydrogen-bond donors (Lipinski definition) is 2. The first-order valence-electron chi connectivity index (χ1n) is 6.19. The topological polar surface area (TPSA) is 66.4 Å². The van der Waals surface area contributed by atoms with Crippen LogP contribution in [0.2, 0.25) is 0 Å². The first kappa shape index (κ1) is 14.0. The van der Waals surface area contributed by atoms with Crippen molar-refractivity contribution in [3.05, 3.63) is 15.8 Å². The van der Waals surface area contributed by atoms with Gasteiger partial charge in [-0.1, -0.05) is 13.3 Å². The van der Waals surface area contributed by atoms with E-state index in [0.29, 0.717) is 16.4 Å². The van der Waals surface area contributed by atoms with Crippen LogP contribution in [0.1, 0.15) is 36.6 Å². The highest BCUT2D eigenvalue weighted by molar-refractivity contribution is 7.89. The van der Waals surface area contributed by atoms with Crippen molar-refractivity contribution in [1.29, 1.82) is 0 Å². The van der Waals surface area contributed by atoms with E-state index < -0.39 is 10.0 Å². The third kappa shape index (κ3) is 2.77. The summed E-state index contributed by atoms with van der Waals surface area (Å²) >= 11 is 1.29. The molecule has 1 aliphatic rings. The molecule has 1 aromatic heterocycles.